The maximum absolute atomic E-state index is 11.8. The molecule has 9 heteroatoms. The van der Waals surface area contributed by atoms with Crippen LogP contribution in [0.1, 0.15) is 47.8 Å². The fourth-order valence-corrected chi connectivity index (χ4v) is 3.77. The van der Waals surface area contributed by atoms with E-state index in [1.807, 2.05) is 32.0 Å². The first-order valence-corrected chi connectivity index (χ1v) is 10.4. The van der Waals surface area contributed by atoms with E-state index in [1.165, 1.54) is 6.08 Å². The molecule has 1 aromatic heterocycles. The number of aryl methyl sites for hydroxylation is 2. The van der Waals surface area contributed by atoms with Crippen molar-refractivity contribution in [2.24, 2.45) is 11.7 Å². The molecule has 1 aliphatic rings. The number of hydrogen-bond donors (Lipinski definition) is 4. The molecule has 164 valence electrons. The zero-order valence-electron chi connectivity index (χ0n) is 18.1. The van der Waals surface area contributed by atoms with Gasteiger partial charge >= 0.3 is 0 Å². The number of primary amides is 1. The van der Waals surface area contributed by atoms with E-state index in [2.05, 4.69) is 44.6 Å². The van der Waals surface area contributed by atoms with Gasteiger partial charge in [0.1, 0.15) is 0 Å². The van der Waals surface area contributed by atoms with Crippen LogP contribution in [-0.2, 0) is 4.79 Å². The SMILES string of the molecule is C=CC(=O)NC1CCC[C@@H](Nc2nnc(C(N)=O)c(Nc3ccc(C)c(C)c3)n2)[C@H]1C. The lowest BCUT2D eigenvalue weighted by molar-refractivity contribution is -0.117. The van der Waals surface area contributed by atoms with E-state index in [-0.39, 0.29) is 35.4 Å². The van der Waals surface area contributed by atoms with Crippen LogP contribution in [0.5, 0.6) is 0 Å². The van der Waals surface area contributed by atoms with Gasteiger partial charge in [-0.3, -0.25) is 9.59 Å². The number of benzene rings is 1. The minimum atomic E-state index is -0.712. The number of carbonyl (C=O) groups excluding carboxylic acids is 2. The molecule has 1 heterocycles. The van der Waals surface area contributed by atoms with Gasteiger partial charge in [0.05, 0.1) is 0 Å². The van der Waals surface area contributed by atoms with Crippen LogP contribution in [0.4, 0.5) is 17.5 Å². The van der Waals surface area contributed by atoms with Crippen LogP contribution in [0.2, 0.25) is 0 Å². The summed E-state index contributed by atoms with van der Waals surface area (Å²) in [7, 11) is 0. The number of nitrogens with two attached hydrogens (primary N) is 1. The van der Waals surface area contributed by atoms with Crippen LogP contribution in [0.15, 0.2) is 30.9 Å². The fourth-order valence-electron chi connectivity index (χ4n) is 3.77. The highest BCUT2D eigenvalue weighted by atomic mass is 16.2. The van der Waals surface area contributed by atoms with Crippen molar-refractivity contribution in [1.29, 1.82) is 0 Å². The van der Waals surface area contributed by atoms with Crippen molar-refractivity contribution in [2.75, 3.05) is 10.6 Å². The Labute approximate surface area is 181 Å². The average molecular weight is 424 g/mol. The quantitative estimate of drug-likeness (QED) is 0.503. The van der Waals surface area contributed by atoms with Crippen LogP contribution in [0.3, 0.4) is 0 Å². The number of amides is 2. The second-order valence-electron chi connectivity index (χ2n) is 7.98. The van der Waals surface area contributed by atoms with E-state index in [4.69, 9.17) is 5.73 Å². The Balaban J connectivity index is 1.81. The Morgan fingerprint density at radius 2 is 1.90 bits per heavy atom. The van der Waals surface area contributed by atoms with Gasteiger partial charge in [-0.25, -0.2) is 0 Å². The van der Waals surface area contributed by atoms with Crippen molar-refractivity contribution < 1.29 is 9.59 Å². The van der Waals surface area contributed by atoms with Crippen molar-refractivity contribution in [3.05, 3.63) is 47.7 Å². The topological polar surface area (TPSA) is 135 Å². The highest BCUT2D eigenvalue weighted by molar-refractivity contribution is 5.96. The molecule has 0 spiro atoms. The Morgan fingerprint density at radius 3 is 2.58 bits per heavy atom. The predicted molar refractivity (Wildman–Crippen MR) is 120 cm³/mol. The Bertz CT molecular complexity index is 992. The number of nitrogens with zero attached hydrogens (tertiary/aromatic N) is 3. The molecule has 9 nitrogen and oxygen atoms in total. The molecule has 1 aromatic carbocycles. The summed E-state index contributed by atoms with van der Waals surface area (Å²) >= 11 is 0. The van der Waals surface area contributed by atoms with Gasteiger partial charge in [0.2, 0.25) is 11.9 Å². The second-order valence-corrected chi connectivity index (χ2v) is 7.98. The average Bonchev–Trinajstić information content (AvgIpc) is 2.73. The van der Waals surface area contributed by atoms with Crippen molar-refractivity contribution >= 4 is 29.3 Å². The van der Waals surface area contributed by atoms with E-state index >= 15 is 0 Å². The molecule has 5 N–H and O–H groups in total. The molecule has 2 amide bonds. The molecule has 0 aliphatic heterocycles. The molecule has 3 atom stereocenters. The second kappa shape index (κ2) is 9.55. The van der Waals surface area contributed by atoms with Crippen LogP contribution in [-0.4, -0.2) is 39.1 Å². The zero-order valence-corrected chi connectivity index (χ0v) is 18.1. The first-order valence-electron chi connectivity index (χ1n) is 10.4. The largest absolute Gasteiger partial charge is 0.364 e. The summed E-state index contributed by atoms with van der Waals surface area (Å²) in [6.45, 7) is 9.62. The smallest absolute Gasteiger partial charge is 0.273 e. The maximum atomic E-state index is 11.8. The molecule has 1 saturated carbocycles. The Morgan fingerprint density at radius 1 is 1.16 bits per heavy atom. The lowest BCUT2D eigenvalue weighted by Crippen LogP contribution is -2.48. The van der Waals surface area contributed by atoms with Gasteiger partial charge in [-0.1, -0.05) is 19.6 Å². The number of aromatic nitrogens is 3. The molecule has 1 fully saturated rings. The highest BCUT2D eigenvalue weighted by Crippen LogP contribution is 2.27. The van der Waals surface area contributed by atoms with Gasteiger partial charge in [-0.15, -0.1) is 10.2 Å². The van der Waals surface area contributed by atoms with Crippen molar-refractivity contribution in [3.8, 4) is 0 Å². The molecule has 3 rings (SSSR count). The summed E-state index contributed by atoms with van der Waals surface area (Å²) in [5.41, 5.74) is 8.48. The molecular formula is C22H29N7O2. The summed E-state index contributed by atoms with van der Waals surface area (Å²) in [5, 5.41) is 17.5. The highest BCUT2D eigenvalue weighted by Gasteiger charge is 2.31. The summed E-state index contributed by atoms with van der Waals surface area (Å²) < 4.78 is 0. The molecular weight excluding hydrogens is 394 g/mol. The van der Waals surface area contributed by atoms with Gasteiger partial charge in [0.25, 0.3) is 5.91 Å². The molecule has 0 radical (unpaired) electrons. The third kappa shape index (κ3) is 5.36. The monoisotopic (exact) mass is 423 g/mol. The first kappa shape index (κ1) is 22.2. The molecule has 0 saturated heterocycles. The lowest BCUT2D eigenvalue weighted by atomic mass is 9.81. The first-order chi connectivity index (χ1) is 14.8. The summed E-state index contributed by atoms with van der Waals surface area (Å²) in [6.07, 6.45) is 4.04. The van der Waals surface area contributed by atoms with Gasteiger partial charge in [-0.2, -0.15) is 4.98 Å². The molecule has 31 heavy (non-hydrogen) atoms. The van der Waals surface area contributed by atoms with Crippen molar-refractivity contribution in [2.45, 2.75) is 52.1 Å². The normalized spacial score (nSPS) is 20.5. The fraction of sp³-hybridized carbons (Fsp3) is 0.409. The standard InChI is InChI=1S/C22H29N7O2/c1-5-18(30)25-16-7-6-8-17(14(16)4)26-22-27-21(19(20(23)31)28-29-22)24-15-10-9-12(2)13(3)11-15/h5,9-11,14,16-17H,1,6-8H2,2-4H3,(H2,23,31)(H,25,30)(H2,24,26,27,29)/t14-,16?,17+/m0/s1. The van der Waals surface area contributed by atoms with Crippen molar-refractivity contribution in [1.82, 2.24) is 20.5 Å². The van der Waals surface area contributed by atoms with E-state index in [0.29, 0.717) is 5.95 Å². The van der Waals surface area contributed by atoms with Crippen LogP contribution in [0.25, 0.3) is 0 Å². The van der Waals surface area contributed by atoms with E-state index < -0.39 is 5.91 Å². The third-order valence-corrected chi connectivity index (χ3v) is 5.82. The van der Waals surface area contributed by atoms with E-state index in [1.54, 1.807) is 0 Å². The minimum Gasteiger partial charge on any atom is -0.364 e. The molecule has 1 aliphatic carbocycles. The Hall–Kier alpha value is -3.49. The molecule has 1 unspecified atom stereocenters. The minimum absolute atomic E-state index is 0.0303. The summed E-state index contributed by atoms with van der Waals surface area (Å²) in [6, 6.07) is 5.92. The van der Waals surface area contributed by atoms with Crippen LogP contribution >= 0.6 is 0 Å². The van der Waals surface area contributed by atoms with Gasteiger partial charge in [0.15, 0.2) is 11.5 Å². The van der Waals surface area contributed by atoms with E-state index in [0.717, 1.165) is 36.1 Å². The third-order valence-electron chi connectivity index (χ3n) is 5.82. The van der Waals surface area contributed by atoms with Gasteiger partial charge in [0, 0.05) is 17.8 Å². The predicted octanol–water partition coefficient (Wildman–Crippen LogP) is 2.60. The molecule has 2 aromatic rings. The number of nitrogens with one attached hydrogen (secondary N) is 3. The van der Waals surface area contributed by atoms with Gasteiger partial charge < -0.3 is 21.7 Å². The molecule has 0 bridgehead atoms. The summed E-state index contributed by atoms with van der Waals surface area (Å²) in [5.74, 6) is -0.206. The Kier molecular flexibility index (Phi) is 6.84. The van der Waals surface area contributed by atoms with E-state index in [9.17, 15) is 9.59 Å². The zero-order chi connectivity index (χ0) is 22.5. The van der Waals surface area contributed by atoms with Crippen LogP contribution < -0.4 is 21.7 Å². The lowest BCUT2D eigenvalue weighted by Gasteiger charge is -2.36. The number of rotatable bonds is 7. The summed E-state index contributed by atoms with van der Waals surface area (Å²) in [4.78, 5) is 28.0. The van der Waals surface area contributed by atoms with Gasteiger partial charge in [-0.05, 0) is 68.4 Å². The maximum Gasteiger partial charge on any atom is 0.273 e. The van der Waals surface area contributed by atoms with Crippen LogP contribution in [0, 0.1) is 19.8 Å². The van der Waals surface area contributed by atoms with Crippen molar-refractivity contribution in [3.63, 3.8) is 0 Å². The number of carbonyl (C=O) groups is 2. The number of hydrogen-bond acceptors (Lipinski definition) is 7. The number of anilines is 3.